The minimum absolute atomic E-state index is 0. The van der Waals surface area contributed by atoms with Crippen molar-refractivity contribution in [2.24, 2.45) is 0 Å². The standard InChI is InChI=1S/C21H23NO2S.ClH/c1-16-6-3-4-7-18(16)15-24-20-10-9-17(12-21(20)23-2)13-22-14-19-8-5-11-25-19;/h3-12,22H,13-15H2,1-2H3;1H/p-1. The molecule has 0 atom stereocenters. The first-order chi connectivity index (χ1) is 12.3. The quantitative estimate of drug-likeness (QED) is 0.639. The summed E-state index contributed by atoms with van der Waals surface area (Å²) in [6.07, 6.45) is 0. The van der Waals surface area contributed by atoms with Crippen LogP contribution in [0.15, 0.2) is 60.0 Å². The molecule has 0 amide bonds. The number of thiophene rings is 1. The van der Waals surface area contributed by atoms with E-state index >= 15 is 0 Å². The van der Waals surface area contributed by atoms with Gasteiger partial charge in [0.2, 0.25) is 0 Å². The van der Waals surface area contributed by atoms with E-state index in [1.54, 1.807) is 18.4 Å². The molecule has 3 aromatic rings. The van der Waals surface area contributed by atoms with Crippen LogP contribution in [0.5, 0.6) is 11.5 Å². The third-order valence-corrected chi connectivity index (χ3v) is 4.96. The Balaban J connectivity index is 0.00000243. The van der Waals surface area contributed by atoms with Gasteiger partial charge in [-0.1, -0.05) is 36.4 Å². The van der Waals surface area contributed by atoms with Gasteiger partial charge >= 0.3 is 0 Å². The van der Waals surface area contributed by atoms with Crippen LogP contribution in [0.2, 0.25) is 0 Å². The van der Waals surface area contributed by atoms with Crippen molar-refractivity contribution >= 4 is 11.3 Å². The summed E-state index contributed by atoms with van der Waals surface area (Å²) in [6.45, 7) is 4.31. The van der Waals surface area contributed by atoms with Crippen LogP contribution in [0, 0.1) is 6.92 Å². The lowest BCUT2D eigenvalue weighted by Gasteiger charge is -2.13. The summed E-state index contributed by atoms with van der Waals surface area (Å²) >= 11 is 1.77. The van der Waals surface area contributed by atoms with Crippen LogP contribution in [-0.4, -0.2) is 7.11 Å². The number of rotatable bonds is 8. The maximum atomic E-state index is 5.97. The molecule has 0 unspecified atom stereocenters. The van der Waals surface area contributed by atoms with E-state index in [1.807, 2.05) is 24.3 Å². The third-order valence-electron chi connectivity index (χ3n) is 4.08. The minimum atomic E-state index is 0. The molecule has 26 heavy (non-hydrogen) atoms. The van der Waals surface area contributed by atoms with E-state index in [0.717, 1.165) is 24.6 Å². The summed E-state index contributed by atoms with van der Waals surface area (Å²) in [6, 6.07) is 18.6. The first kappa shape index (κ1) is 20.3. The van der Waals surface area contributed by atoms with Gasteiger partial charge in [0.25, 0.3) is 0 Å². The molecule has 0 saturated heterocycles. The lowest BCUT2D eigenvalue weighted by Crippen LogP contribution is -3.00. The molecule has 1 aromatic heterocycles. The van der Waals surface area contributed by atoms with Crippen LogP contribution >= 0.6 is 11.3 Å². The molecule has 5 heteroatoms. The van der Waals surface area contributed by atoms with Gasteiger partial charge in [-0.05, 0) is 47.2 Å². The van der Waals surface area contributed by atoms with Crippen molar-refractivity contribution in [3.8, 4) is 11.5 Å². The summed E-state index contributed by atoms with van der Waals surface area (Å²) in [4.78, 5) is 1.34. The minimum Gasteiger partial charge on any atom is -1.00 e. The van der Waals surface area contributed by atoms with Crippen molar-refractivity contribution in [1.82, 2.24) is 5.32 Å². The zero-order chi connectivity index (χ0) is 17.5. The van der Waals surface area contributed by atoms with E-state index in [0.29, 0.717) is 6.61 Å². The van der Waals surface area contributed by atoms with Gasteiger partial charge in [0, 0.05) is 18.0 Å². The van der Waals surface area contributed by atoms with E-state index in [9.17, 15) is 0 Å². The number of halogens is 1. The summed E-state index contributed by atoms with van der Waals surface area (Å²) in [5.41, 5.74) is 3.60. The fourth-order valence-electron chi connectivity index (χ4n) is 2.61. The molecular formula is C21H23ClNO2S-. The van der Waals surface area contributed by atoms with Crippen LogP contribution in [-0.2, 0) is 19.7 Å². The SMILES string of the molecule is COc1cc(CNCc2cccs2)ccc1OCc1ccccc1C.[Cl-]. The lowest BCUT2D eigenvalue weighted by molar-refractivity contribution is -0.00000564. The highest BCUT2D eigenvalue weighted by Gasteiger charge is 2.07. The molecule has 0 fully saturated rings. The van der Waals surface area contributed by atoms with Crippen LogP contribution in [0.4, 0.5) is 0 Å². The highest BCUT2D eigenvalue weighted by molar-refractivity contribution is 7.09. The highest BCUT2D eigenvalue weighted by atomic mass is 35.5. The van der Waals surface area contributed by atoms with Crippen molar-refractivity contribution in [2.45, 2.75) is 26.6 Å². The second-order valence-electron chi connectivity index (χ2n) is 5.88. The Morgan fingerprint density at radius 3 is 2.54 bits per heavy atom. The van der Waals surface area contributed by atoms with E-state index in [-0.39, 0.29) is 12.4 Å². The largest absolute Gasteiger partial charge is 1.00 e. The summed E-state index contributed by atoms with van der Waals surface area (Å²) in [5, 5.41) is 5.55. The smallest absolute Gasteiger partial charge is 0.161 e. The fourth-order valence-corrected chi connectivity index (χ4v) is 3.29. The average molecular weight is 389 g/mol. The Kier molecular flexibility index (Phi) is 7.98. The van der Waals surface area contributed by atoms with E-state index in [4.69, 9.17) is 9.47 Å². The summed E-state index contributed by atoms with van der Waals surface area (Å²) < 4.78 is 11.5. The zero-order valence-corrected chi connectivity index (χ0v) is 16.6. The highest BCUT2D eigenvalue weighted by Crippen LogP contribution is 2.29. The maximum Gasteiger partial charge on any atom is 0.161 e. The maximum absolute atomic E-state index is 5.97. The zero-order valence-electron chi connectivity index (χ0n) is 15.0. The Morgan fingerprint density at radius 2 is 1.81 bits per heavy atom. The molecule has 0 aliphatic rings. The van der Waals surface area contributed by atoms with Gasteiger partial charge in [0.05, 0.1) is 7.11 Å². The molecule has 0 bridgehead atoms. The Bertz CT molecular complexity index is 806. The molecule has 0 saturated carbocycles. The number of nitrogens with one attached hydrogen (secondary N) is 1. The van der Waals surface area contributed by atoms with Gasteiger partial charge < -0.3 is 27.2 Å². The van der Waals surface area contributed by atoms with Crippen molar-refractivity contribution in [3.05, 3.63) is 81.5 Å². The molecular weight excluding hydrogens is 366 g/mol. The first-order valence-corrected chi connectivity index (χ1v) is 9.21. The van der Waals surface area contributed by atoms with Crippen molar-refractivity contribution < 1.29 is 21.9 Å². The van der Waals surface area contributed by atoms with Gasteiger partial charge in [-0.3, -0.25) is 0 Å². The molecule has 0 aliphatic heterocycles. The van der Waals surface area contributed by atoms with Crippen molar-refractivity contribution in [2.75, 3.05) is 7.11 Å². The molecule has 0 radical (unpaired) electrons. The number of hydrogen-bond acceptors (Lipinski definition) is 4. The molecule has 0 aliphatic carbocycles. The van der Waals surface area contributed by atoms with Gasteiger partial charge in [-0.25, -0.2) is 0 Å². The van der Waals surface area contributed by atoms with E-state index < -0.39 is 0 Å². The number of aryl methyl sites for hydroxylation is 1. The normalized spacial score (nSPS) is 10.2. The predicted octanol–water partition coefficient (Wildman–Crippen LogP) is 1.94. The molecule has 2 aromatic carbocycles. The molecule has 1 heterocycles. The Labute approximate surface area is 165 Å². The van der Waals surface area contributed by atoms with E-state index in [1.165, 1.54) is 21.6 Å². The van der Waals surface area contributed by atoms with Crippen LogP contribution in [0.1, 0.15) is 21.6 Å². The van der Waals surface area contributed by atoms with Gasteiger partial charge in [-0.15, -0.1) is 11.3 Å². The average Bonchev–Trinajstić information content (AvgIpc) is 3.15. The Hall–Kier alpha value is -2.01. The summed E-state index contributed by atoms with van der Waals surface area (Å²) in [5.74, 6) is 1.54. The number of benzene rings is 2. The van der Waals surface area contributed by atoms with Gasteiger partial charge in [0.15, 0.2) is 11.5 Å². The van der Waals surface area contributed by atoms with Crippen LogP contribution in [0.3, 0.4) is 0 Å². The number of ether oxygens (including phenoxy) is 2. The lowest BCUT2D eigenvalue weighted by atomic mass is 10.1. The van der Waals surface area contributed by atoms with Crippen LogP contribution in [0.25, 0.3) is 0 Å². The first-order valence-electron chi connectivity index (χ1n) is 8.33. The number of methoxy groups -OCH3 is 1. The monoisotopic (exact) mass is 388 g/mol. The molecule has 1 N–H and O–H groups in total. The van der Waals surface area contributed by atoms with Crippen LogP contribution < -0.4 is 27.2 Å². The molecule has 0 spiro atoms. The second-order valence-corrected chi connectivity index (χ2v) is 6.92. The third kappa shape index (κ3) is 5.49. The van der Waals surface area contributed by atoms with Crippen molar-refractivity contribution in [1.29, 1.82) is 0 Å². The van der Waals surface area contributed by atoms with E-state index in [2.05, 4.69) is 48.0 Å². The van der Waals surface area contributed by atoms with Gasteiger partial charge in [-0.2, -0.15) is 0 Å². The number of hydrogen-bond donors (Lipinski definition) is 1. The molecule has 3 nitrogen and oxygen atoms in total. The molecule has 3 rings (SSSR count). The second kappa shape index (κ2) is 10.2. The predicted molar refractivity (Wildman–Crippen MR) is 103 cm³/mol. The molecule has 138 valence electrons. The van der Waals surface area contributed by atoms with Crippen molar-refractivity contribution in [3.63, 3.8) is 0 Å². The van der Waals surface area contributed by atoms with Gasteiger partial charge in [0.1, 0.15) is 6.61 Å². The topological polar surface area (TPSA) is 30.5 Å². The summed E-state index contributed by atoms with van der Waals surface area (Å²) in [7, 11) is 1.68. The Morgan fingerprint density at radius 1 is 0.962 bits per heavy atom. The fraction of sp³-hybridized carbons (Fsp3) is 0.238.